The third-order valence-corrected chi connectivity index (χ3v) is 2.17. The second-order valence-electron chi connectivity index (χ2n) is 3.99. The number of amides is 1. The van der Waals surface area contributed by atoms with E-state index in [4.69, 9.17) is 0 Å². The number of carbonyl (C=O) groups is 1. The van der Waals surface area contributed by atoms with Gasteiger partial charge in [-0.25, -0.2) is 4.39 Å². The van der Waals surface area contributed by atoms with Gasteiger partial charge in [0, 0.05) is 12.6 Å². The minimum atomic E-state index is -1.77. The molecule has 1 amide bonds. The summed E-state index contributed by atoms with van der Waals surface area (Å²) in [5, 5.41) is 5.84. The van der Waals surface area contributed by atoms with Crippen LogP contribution in [0.4, 0.5) is 4.39 Å². The van der Waals surface area contributed by atoms with Crippen LogP contribution in [-0.4, -0.2) is 30.7 Å². The lowest BCUT2D eigenvalue weighted by Crippen LogP contribution is -2.50. The van der Waals surface area contributed by atoms with Gasteiger partial charge in [0.25, 0.3) is 5.91 Å². The van der Waals surface area contributed by atoms with Crippen LogP contribution in [0, 0.1) is 0 Å². The second kappa shape index (κ2) is 4.05. The zero-order valence-electron chi connectivity index (χ0n) is 8.19. The van der Waals surface area contributed by atoms with Crippen LogP contribution < -0.4 is 10.6 Å². The van der Waals surface area contributed by atoms with Crippen molar-refractivity contribution in [1.82, 2.24) is 10.6 Å². The highest BCUT2D eigenvalue weighted by atomic mass is 19.1. The molecule has 1 fully saturated rings. The Morgan fingerprint density at radius 3 is 2.77 bits per heavy atom. The van der Waals surface area contributed by atoms with E-state index in [1.54, 1.807) is 0 Å². The Hall–Kier alpha value is -0.640. The molecule has 3 nitrogen and oxygen atoms in total. The Balaban J connectivity index is 2.35. The molecule has 1 atom stereocenters. The van der Waals surface area contributed by atoms with E-state index in [2.05, 4.69) is 10.6 Å². The second-order valence-corrected chi connectivity index (χ2v) is 3.99. The highest BCUT2D eigenvalue weighted by Crippen LogP contribution is 2.09. The molecular formula is C9H17FN2O. The number of nitrogens with one attached hydrogen (secondary N) is 2. The molecule has 4 heteroatoms. The Labute approximate surface area is 78.1 Å². The summed E-state index contributed by atoms with van der Waals surface area (Å²) in [4.78, 5) is 11.2. The molecule has 0 saturated carbocycles. The highest BCUT2D eigenvalue weighted by molar-refractivity contribution is 5.84. The maximum absolute atomic E-state index is 13.1. The van der Waals surface area contributed by atoms with Gasteiger partial charge in [0.15, 0.2) is 5.67 Å². The first kappa shape index (κ1) is 10.4. The van der Waals surface area contributed by atoms with Crippen LogP contribution in [0.5, 0.6) is 0 Å². The SMILES string of the molecule is CC(C)(F)C(=O)N[C@@H]1CCCNC1. The molecule has 0 bridgehead atoms. The van der Waals surface area contributed by atoms with Crippen LogP contribution in [-0.2, 0) is 4.79 Å². The standard InChI is InChI=1S/C9H17FN2O/c1-9(2,10)8(13)12-7-4-3-5-11-6-7/h7,11H,3-6H2,1-2H3,(H,12,13)/t7-/m1/s1. The van der Waals surface area contributed by atoms with Gasteiger partial charge in [-0.1, -0.05) is 0 Å². The zero-order chi connectivity index (χ0) is 9.90. The number of piperidine rings is 1. The molecule has 0 unspecified atom stereocenters. The minimum Gasteiger partial charge on any atom is -0.349 e. The average Bonchev–Trinajstić information content (AvgIpc) is 2.04. The van der Waals surface area contributed by atoms with Gasteiger partial charge >= 0.3 is 0 Å². The molecule has 0 radical (unpaired) electrons. The Morgan fingerprint density at radius 1 is 1.62 bits per heavy atom. The maximum atomic E-state index is 13.1. The highest BCUT2D eigenvalue weighted by Gasteiger charge is 2.28. The van der Waals surface area contributed by atoms with Crippen molar-refractivity contribution in [2.24, 2.45) is 0 Å². The molecule has 1 heterocycles. The quantitative estimate of drug-likeness (QED) is 0.666. The van der Waals surface area contributed by atoms with Gasteiger partial charge in [-0.3, -0.25) is 4.79 Å². The van der Waals surface area contributed by atoms with Gasteiger partial charge in [-0.15, -0.1) is 0 Å². The van der Waals surface area contributed by atoms with Crippen molar-refractivity contribution >= 4 is 5.91 Å². The maximum Gasteiger partial charge on any atom is 0.257 e. The Morgan fingerprint density at radius 2 is 2.31 bits per heavy atom. The molecule has 1 aliphatic heterocycles. The van der Waals surface area contributed by atoms with E-state index in [0.717, 1.165) is 25.9 Å². The first-order valence-electron chi connectivity index (χ1n) is 4.71. The van der Waals surface area contributed by atoms with Crippen molar-refractivity contribution in [3.8, 4) is 0 Å². The van der Waals surface area contributed by atoms with Gasteiger partial charge in [0.2, 0.25) is 0 Å². The monoisotopic (exact) mass is 188 g/mol. The number of hydrogen-bond donors (Lipinski definition) is 2. The predicted octanol–water partition coefficient (Wildman–Crippen LogP) is 0.603. The molecule has 1 rings (SSSR count). The van der Waals surface area contributed by atoms with E-state index in [-0.39, 0.29) is 6.04 Å². The predicted molar refractivity (Wildman–Crippen MR) is 49.2 cm³/mol. The first-order chi connectivity index (χ1) is 6.00. The van der Waals surface area contributed by atoms with Gasteiger partial charge in [-0.2, -0.15) is 0 Å². The van der Waals surface area contributed by atoms with E-state index in [1.165, 1.54) is 13.8 Å². The van der Waals surface area contributed by atoms with Crippen molar-refractivity contribution in [2.45, 2.75) is 38.4 Å². The summed E-state index contributed by atoms with van der Waals surface area (Å²) in [6, 6.07) is 0.0938. The molecule has 2 N–H and O–H groups in total. The van der Waals surface area contributed by atoms with Crippen LogP contribution in [0.15, 0.2) is 0 Å². The summed E-state index contributed by atoms with van der Waals surface area (Å²) in [5.41, 5.74) is -1.77. The summed E-state index contributed by atoms with van der Waals surface area (Å²) in [6.45, 7) is 4.30. The number of hydrogen-bond acceptors (Lipinski definition) is 2. The fourth-order valence-corrected chi connectivity index (χ4v) is 1.33. The topological polar surface area (TPSA) is 41.1 Å². The van der Waals surface area contributed by atoms with E-state index < -0.39 is 11.6 Å². The number of carbonyl (C=O) groups excluding carboxylic acids is 1. The van der Waals surface area contributed by atoms with Crippen LogP contribution >= 0.6 is 0 Å². The van der Waals surface area contributed by atoms with E-state index in [0.29, 0.717) is 0 Å². The van der Waals surface area contributed by atoms with Crippen LogP contribution in [0.25, 0.3) is 0 Å². The van der Waals surface area contributed by atoms with Crippen LogP contribution in [0.3, 0.4) is 0 Å². The lowest BCUT2D eigenvalue weighted by atomic mass is 10.1. The molecular weight excluding hydrogens is 171 g/mol. The average molecular weight is 188 g/mol. The first-order valence-corrected chi connectivity index (χ1v) is 4.71. The number of halogens is 1. The molecule has 0 spiro atoms. The molecule has 1 aliphatic rings. The van der Waals surface area contributed by atoms with Gasteiger partial charge < -0.3 is 10.6 Å². The lowest BCUT2D eigenvalue weighted by molar-refractivity contribution is -0.131. The summed E-state index contributed by atoms with van der Waals surface area (Å²) in [6.07, 6.45) is 1.98. The molecule has 0 aromatic rings. The summed E-state index contributed by atoms with van der Waals surface area (Å²) < 4.78 is 13.1. The molecule has 0 aliphatic carbocycles. The normalized spacial score (nSPS) is 24.1. The Bertz CT molecular complexity index is 183. The third kappa shape index (κ3) is 3.30. The van der Waals surface area contributed by atoms with Crippen LogP contribution in [0.1, 0.15) is 26.7 Å². The molecule has 13 heavy (non-hydrogen) atoms. The minimum absolute atomic E-state index is 0.0938. The number of rotatable bonds is 2. The summed E-state index contributed by atoms with van der Waals surface area (Å²) in [5.74, 6) is -0.513. The zero-order valence-corrected chi connectivity index (χ0v) is 8.19. The molecule has 76 valence electrons. The fourth-order valence-electron chi connectivity index (χ4n) is 1.33. The third-order valence-electron chi connectivity index (χ3n) is 2.17. The van der Waals surface area contributed by atoms with E-state index >= 15 is 0 Å². The lowest BCUT2D eigenvalue weighted by Gasteiger charge is -2.26. The smallest absolute Gasteiger partial charge is 0.257 e. The van der Waals surface area contributed by atoms with Crippen molar-refractivity contribution in [3.05, 3.63) is 0 Å². The van der Waals surface area contributed by atoms with Gasteiger partial charge in [0.1, 0.15) is 0 Å². The van der Waals surface area contributed by atoms with Gasteiger partial charge in [-0.05, 0) is 33.2 Å². The number of alkyl halides is 1. The van der Waals surface area contributed by atoms with E-state index in [9.17, 15) is 9.18 Å². The van der Waals surface area contributed by atoms with Crippen LogP contribution in [0.2, 0.25) is 0 Å². The van der Waals surface area contributed by atoms with Gasteiger partial charge in [0.05, 0.1) is 0 Å². The van der Waals surface area contributed by atoms with Crippen molar-refractivity contribution < 1.29 is 9.18 Å². The van der Waals surface area contributed by atoms with Crippen molar-refractivity contribution in [1.29, 1.82) is 0 Å². The summed E-state index contributed by atoms with van der Waals surface area (Å²) in [7, 11) is 0. The van der Waals surface area contributed by atoms with Crippen molar-refractivity contribution in [3.63, 3.8) is 0 Å². The molecule has 1 saturated heterocycles. The van der Waals surface area contributed by atoms with E-state index in [1.807, 2.05) is 0 Å². The molecule has 0 aromatic heterocycles. The Kier molecular flexibility index (Phi) is 3.25. The summed E-state index contributed by atoms with van der Waals surface area (Å²) >= 11 is 0. The molecule has 0 aromatic carbocycles. The van der Waals surface area contributed by atoms with Crippen molar-refractivity contribution in [2.75, 3.05) is 13.1 Å². The fraction of sp³-hybridized carbons (Fsp3) is 0.889. The largest absolute Gasteiger partial charge is 0.349 e.